The molecule has 114 valence electrons. The molecule has 0 aromatic rings. The molecule has 1 aliphatic heterocycles. The minimum Gasteiger partial charge on any atom is -0.345 e. The molecular weight excluding hydrogens is 280 g/mol. The minimum absolute atomic E-state index is 0.0211. The van der Waals surface area contributed by atoms with Crippen LogP contribution in [-0.4, -0.2) is 55.3 Å². The lowest BCUT2D eigenvalue weighted by molar-refractivity contribution is -0.155. The predicted octanol–water partition coefficient (Wildman–Crippen LogP) is 0.0824. The molecule has 0 aromatic heterocycles. The summed E-state index contributed by atoms with van der Waals surface area (Å²) in [6.07, 6.45) is 4.13. The lowest BCUT2D eigenvalue weighted by atomic mass is 9.78. The Kier molecular flexibility index (Phi) is 4.36. The van der Waals surface area contributed by atoms with E-state index in [9.17, 15) is 18.0 Å². The highest BCUT2D eigenvalue weighted by molar-refractivity contribution is 7.91. The average molecular weight is 302 g/mol. The smallest absolute Gasteiger partial charge is 0.246 e. The number of rotatable bonds is 4. The molecule has 6 nitrogen and oxygen atoms in total. The standard InChI is InChI=1S/C13H22N2O4S/c1-2-20(18,19)9-8-15-11(16)10-14-12(17)13(15)6-4-3-5-7-13/h2-10H2,1H3,(H,14,17). The fourth-order valence-electron chi connectivity index (χ4n) is 3.12. The summed E-state index contributed by atoms with van der Waals surface area (Å²) in [5, 5.41) is 2.65. The minimum atomic E-state index is -3.14. The lowest BCUT2D eigenvalue weighted by Crippen LogP contribution is -2.68. The van der Waals surface area contributed by atoms with Crippen molar-refractivity contribution in [2.75, 3.05) is 24.6 Å². The maximum atomic E-state index is 12.3. The first kappa shape index (κ1) is 15.3. The van der Waals surface area contributed by atoms with Gasteiger partial charge >= 0.3 is 0 Å². The van der Waals surface area contributed by atoms with Gasteiger partial charge in [-0.1, -0.05) is 26.2 Å². The Bertz CT molecular complexity index is 495. The van der Waals surface area contributed by atoms with Crippen LogP contribution in [0.15, 0.2) is 0 Å². The van der Waals surface area contributed by atoms with Crippen molar-refractivity contribution in [2.24, 2.45) is 0 Å². The van der Waals surface area contributed by atoms with Gasteiger partial charge < -0.3 is 10.2 Å². The van der Waals surface area contributed by atoms with E-state index in [1.54, 1.807) is 6.92 Å². The number of carbonyl (C=O) groups is 2. The van der Waals surface area contributed by atoms with Crippen molar-refractivity contribution >= 4 is 21.7 Å². The summed E-state index contributed by atoms with van der Waals surface area (Å²) in [7, 11) is -3.14. The number of nitrogens with zero attached hydrogens (tertiary/aromatic N) is 1. The molecule has 2 amide bonds. The second-order valence-electron chi connectivity index (χ2n) is 5.56. The maximum Gasteiger partial charge on any atom is 0.246 e. The van der Waals surface area contributed by atoms with E-state index in [4.69, 9.17) is 0 Å². The van der Waals surface area contributed by atoms with E-state index < -0.39 is 15.4 Å². The van der Waals surface area contributed by atoms with Crippen molar-refractivity contribution in [1.82, 2.24) is 10.2 Å². The number of hydrogen-bond acceptors (Lipinski definition) is 4. The van der Waals surface area contributed by atoms with Gasteiger partial charge in [0.15, 0.2) is 9.84 Å². The first-order chi connectivity index (χ1) is 9.41. The third-order valence-electron chi connectivity index (χ3n) is 4.39. The fraction of sp³-hybridized carbons (Fsp3) is 0.846. The third-order valence-corrected chi connectivity index (χ3v) is 6.07. The highest BCUT2D eigenvalue weighted by atomic mass is 32.2. The summed E-state index contributed by atoms with van der Waals surface area (Å²) >= 11 is 0. The lowest BCUT2D eigenvalue weighted by Gasteiger charge is -2.47. The van der Waals surface area contributed by atoms with E-state index >= 15 is 0 Å². The normalized spacial score (nSPS) is 22.9. The van der Waals surface area contributed by atoms with Gasteiger partial charge in [0.25, 0.3) is 0 Å². The van der Waals surface area contributed by atoms with Gasteiger partial charge in [0.05, 0.1) is 12.3 Å². The Morgan fingerprint density at radius 1 is 1.20 bits per heavy atom. The van der Waals surface area contributed by atoms with Crippen molar-refractivity contribution in [3.63, 3.8) is 0 Å². The van der Waals surface area contributed by atoms with Crippen molar-refractivity contribution in [2.45, 2.75) is 44.6 Å². The van der Waals surface area contributed by atoms with Crippen LogP contribution < -0.4 is 5.32 Å². The third kappa shape index (κ3) is 2.82. The molecule has 1 heterocycles. The molecule has 2 fully saturated rings. The van der Waals surface area contributed by atoms with Gasteiger partial charge in [-0.2, -0.15) is 0 Å². The molecule has 1 saturated carbocycles. The molecule has 1 spiro atoms. The van der Waals surface area contributed by atoms with Crippen molar-refractivity contribution < 1.29 is 18.0 Å². The molecule has 0 atom stereocenters. The van der Waals surface area contributed by atoms with Gasteiger partial charge in [0, 0.05) is 12.3 Å². The molecule has 2 rings (SSSR count). The Labute approximate surface area is 119 Å². The number of sulfone groups is 1. The van der Waals surface area contributed by atoms with E-state index in [0.717, 1.165) is 19.3 Å². The molecule has 0 radical (unpaired) electrons. The van der Waals surface area contributed by atoms with Gasteiger partial charge in [-0.25, -0.2) is 8.42 Å². The topological polar surface area (TPSA) is 83.6 Å². The summed E-state index contributed by atoms with van der Waals surface area (Å²) in [4.78, 5) is 25.9. The molecule has 0 aromatic carbocycles. The first-order valence-corrected chi connectivity index (χ1v) is 9.03. The van der Waals surface area contributed by atoms with Crippen LogP contribution in [0.3, 0.4) is 0 Å². The monoisotopic (exact) mass is 302 g/mol. The van der Waals surface area contributed by atoms with Crippen LogP contribution in [0.4, 0.5) is 0 Å². The molecule has 1 aliphatic carbocycles. The van der Waals surface area contributed by atoms with Crippen molar-refractivity contribution in [3.8, 4) is 0 Å². The first-order valence-electron chi connectivity index (χ1n) is 7.20. The number of amides is 2. The van der Waals surface area contributed by atoms with E-state index in [0.29, 0.717) is 12.8 Å². The van der Waals surface area contributed by atoms with Gasteiger partial charge in [0.1, 0.15) is 5.54 Å². The SMILES string of the molecule is CCS(=O)(=O)CCN1C(=O)CNC(=O)C12CCCCC2. The molecule has 1 N–H and O–H groups in total. The zero-order chi connectivity index (χ0) is 14.8. The Balaban J connectivity index is 2.20. The summed E-state index contributed by atoms with van der Waals surface area (Å²) < 4.78 is 23.3. The second-order valence-corrected chi connectivity index (χ2v) is 8.03. The van der Waals surface area contributed by atoms with E-state index in [1.165, 1.54) is 4.90 Å². The van der Waals surface area contributed by atoms with Crippen LogP contribution >= 0.6 is 0 Å². The van der Waals surface area contributed by atoms with Crippen LogP contribution in [0.2, 0.25) is 0 Å². The van der Waals surface area contributed by atoms with E-state index in [2.05, 4.69) is 5.32 Å². The van der Waals surface area contributed by atoms with Crippen molar-refractivity contribution in [1.29, 1.82) is 0 Å². The Morgan fingerprint density at radius 3 is 2.45 bits per heavy atom. The molecule has 7 heteroatoms. The zero-order valence-corrected chi connectivity index (χ0v) is 12.7. The molecule has 2 aliphatic rings. The fourth-order valence-corrected chi connectivity index (χ4v) is 3.87. The number of nitrogens with one attached hydrogen (secondary N) is 1. The second kappa shape index (κ2) is 5.71. The van der Waals surface area contributed by atoms with Crippen LogP contribution in [-0.2, 0) is 19.4 Å². The van der Waals surface area contributed by atoms with Crippen LogP contribution in [0.1, 0.15) is 39.0 Å². The Morgan fingerprint density at radius 2 is 1.85 bits per heavy atom. The van der Waals surface area contributed by atoms with E-state index in [-0.39, 0.29) is 36.4 Å². The van der Waals surface area contributed by atoms with Crippen LogP contribution in [0, 0.1) is 0 Å². The summed E-state index contributed by atoms with van der Waals surface area (Å²) in [5.41, 5.74) is -0.809. The van der Waals surface area contributed by atoms with Crippen molar-refractivity contribution in [3.05, 3.63) is 0 Å². The Hall–Kier alpha value is -1.11. The zero-order valence-electron chi connectivity index (χ0n) is 11.9. The summed E-state index contributed by atoms with van der Waals surface area (Å²) in [6, 6.07) is 0. The van der Waals surface area contributed by atoms with Crippen LogP contribution in [0.5, 0.6) is 0 Å². The number of piperazine rings is 1. The molecule has 20 heavy (non-hydrogen) atoms. The average Bonchev–Trinajstić information content (AvgIpc) is 2.44. The largest absolute Gasteiger partial charge is 0.345 e. The number of hydrogen-bond donors (Lipinski definition) is 1. The van der Waals surface area contributed by atoms with Gasteiger partial charge in [0.2, 0.25) is 11.8 Å². The maximum absolute atomic E-state index is 12.3. The molecule has 0 bridgehead atoms. The number of carbonyl (C=O) groups excluding carboxylic acids is 2. The molecule has 1 saturated heterocycles. The van der Waals surface area contributed by atoms with Gasteiger partial charge in [-0.05, 0) is 12.8 Å². The van der Waals surface area contributed by atoms with Gasteiger partial charge in [-0.15, -0.1) is 0 Å². The summed E-state index contributed by atoms with van der Waals surface area (Å²) in [5.74, 6) is -0.290. The highest BCUT2D eigenvalue weighted by Gasteiger charge is 2.49. The molecule has 0 unspecified atom stereocenters. The highest BCUT2D eigenvalue weighted by Crippen LogP contribution is 2.35. The van der Waals surface area contributed by atoms with Crippen LogP contribution in [0.25, 0.3) is 0 Å². The van der Waals surface area contributed by atoms with E-state index in [1.807, 2.05) is 0 Å². The summed E-state index contributed by atoms with van der Waals surface area (Å²) in [6.45, 7) is 1.70. The quantitative estimate of drug-likeness (QED) is 0.797. The predicted molar refractivity (Wildman–Crippen MR) is 74.9 cm³/mol. The molecular formula is C13H22N2O4S. The van der Waals surface area contributed by atoms with Gasteiger partial charge in [-0.3, -0.25) is 9.59 Å².